The molecular formula is C17H13ClN6OS. The van der Waals surface area contributed by atoms with Gasteiger partial charge in [0.2, 0.25) is 5.91 Å². The maximum atomic E-state index is 12.0. The maximum Gasteiger partial charge on any atom is 0.229 e. The monoisotopic (exact) mass is 384 g/mol. The Kier molecular flexibility index (Phi) is 3.54. The number of halogens is 1. The zero-order valence-electron chi connectivity index (χ0n) is 13.4. The number of anilines is 1. The molecule has 1 aromatic carbocycles. The van der Waals surface area contributed by atoms with Gasteiger partial charge in [0.15, 0.2) is 16.6 Å². The first-order valence-electron chi connectivity index (χ1n) is 8.13. The van der Waals surface area contributed by atoms with Gasteiger partial charge in [-0.15, -0.1) is 0 Å². The molecule has 0 saturated heterocycles. The summed E-state index contributed by atoms with van der Waals surface area (Å²) in [5, 5.41) is 11.5. The van der Waals surface area contributed by atoms with E-state index in [2.05, 4.69) is 25.5 Å². The van der Waals surface area contributed by atoms with Crippen LogP contribution in [-0.4, -0.2) is 30.6 Å². The largest absolute Gasteiger partial charge is 0.302 e. The molecule has 1 amide bonds. The summed E-state index contributed by atoms with van der Waals surface area (Å²) in [6.45, 7) is 0. The number of aromatic amines is 1. The van der Waals surface area contributed by atoms with Crippen LogP contribution in [0.1, 0.15) is 12.8 Å². The van der Waals surface area contributed by atoms with Crippen molar-refractivity contribution in [1.82, 2.24) is 24.7 Å². The van der Waals surface area contributed by atoms with Crippen LogP contribution in [0.2, 0.25) is 5.02 Å². The predicted molar refractivity (Wildman–Crippen MR) is 101 cm³/mol. The minimum atomic E-state index is 0.0420. The van der Waals surface area contributed by atoms with Gasteiger partial charge in [0.25, 0.3) is 0 Å². The summed E-state index contributed by atoms with van der Waals surface area (Å²) in [6, 6.07) is 7.56. The number of nitrogens with one attached hydrogen (secondary N) is 2. The summed E-state index contributed by atoms with van der Waals surface area (Å²) in [5.74, 6) is 0.882. The number of aromatic nitrogens is 5. The molecule has 0 spiro atoms. The lowest BCUT2D eigenvalue weighted by molar-refractivity contribution is -0.117. The molecule has 3 aromatic heterocycles. The summed E-state index contributed by atoms with van der Waals surface area (Å²) in [6.07, 6.45) is 5.41. The third-order valence-corrected chi connectivity index (χ3v) is 5.50. The Labute approximate surface area is 157 Å². The third kappa shape index (κ3) is 2.67. The number of carbonyl (C=O) groups excluding carboxylic acids is 1. The zero-order chi connectivity index (χ0) is 17.7. The Bertz CT molecular complexity index is 1110. The first-order valence-corrected chi connectivity index (χ1v) is 9.33. The van der Waals surface area contributed by atoms with Gasteiger partial charge in [0.1, 0.15) is 11.0 Å². The SMILES string of the molecule is O=C(Nc1nc2[nH]nc(-n3cncc3-c3ccc(Cl)cc3)c2s1)C1CC1. The van der Waals surface area contributed by atoms with Crippen LogP contribution in [-0.2, 0) is 4.79 Å². The summed E-state index contributed by atoms with van der Waals surface area (Å²) in [5.41, 5.74) is 2.52. The van der Waals surface area contributed by atoms with Crippen molar-refractivity contribution in [2.75, 3.05) is 5.32 Å². The van der Waals surface area contributed by atoms with Gasteiger partial charge < -0.3 is 5.32 Å². The van der Waals surface area contributed by atoms with E-state index in [1.54, 1.807) is 12.5 Å². The molecule has 130 valence electrons. The fourth-order valence-corrected chi connectivity index (χ4v) is 3.80. The second-order valence-corrected chi connectivity index (χ2v) is 7.60. The molecule has 7 nitrogen and oxygen atoms in total. The molecule has 0 atom stereocenters. The molecular weight excluding hydrogens is 372 g/mol. The molecule has 1 saturated carbocycles. The van der Waals surface area contributed by atoms with E-state index in [1.807, 2.05) is 28.8 Å². The van der Waals surface area contributed by atoms with Crippen molar-refractivity contribution < 1.29 is 4.79 Å². The topological polar surface area (TPSA) is 88.5 Å². The fraction of sp³-hybridized carbons (Fsp3) is 0.176. The third-order valence-electron chi connectivity index (χ3n) is 4.28. The van der Waals surface area contributed by atoms with Crippen LogP contribution >= 0.6 is 22.9 Å². The van der Waals surface area contributed by atoms with E-state index in [0.717, 1.165) is 28.8 Å². The molecule has 0 unspecified atom stereocenters. The normalized spacial score (nSPS) is 14.0. The highest BCUT2D eigenvalue weighted by molar-refractivity contribution is 7.22. The number of nitrogens with zero attached hydrogens (tertiary/aromatic N) is 4. The number of imidazole rings is 1. The van der Waals surface area contributed by atoms with Crippen molar-refractivity contribution in [3.8, 4) is 17.1 Å². The highest BCUT2D eigenvalue weighted by atomic mass is 35.5. The van der Waals surface area contributed by atoms with Gasteiger partial charge in [0, 0.05) is 16.5 Å². The van der Waals surface area contributed by atoms with E-state index in [1.165, 1.54) is 11.3 Å². The number of hydrogen-bond acceptors (Lipinski definition) is 5. The molecule has 5 rings (SSSR count). The second-order valence-electron chi connectivity index (χ2n) is 6.16. The fourth-order valence-electron chi connectivity index (χ4n) is 2.77. The predicted octanol–water partition coefficient (Wildman–Crippen LogP) is 3.87. The van der Waals surface area contributed by atoms with Crippen LogP contribution in [0.25, 0.3) is 27.4 Å². The van der Waals surface area contributed by atoms with Crippen LogP contribution in [0, 0.1) is 5.92 Å². The Hall–Kier alpha value is -2.71. The van der Waals surface area contributed by atoms with Crippen LogP contribution in [0.5, 0.6) is 0 Å². The molecule has 0 aliphatic heterocycles. The zero-order valence-corrected chi connectivity index (χ0v) is 15.0. The Balaban J connectivity index is 1.53. The number of carbonyl (C=O) groups is 1. The summed E-state index contributed by atoms with van der Waals surface area (Å²) in [4.78, 5) is 20.6. The molecule has 2 N–H and O–H groups in total. The summed E-state index contributed by atoms with van der Waals surface area (Å²) < 4.78 is 2.76. The first kappa shape index (κ1) is 15.5. The number of hydrogen-bond donors (Lipinski definition) is 2. The van der Waals surface area contributed by atoms with E-state index in [0.29, 0.717) is 21.6 Å². The lowest BCUT2D eigenvalue weighted by Crippen LogP contribution is -2.12. The van der Waals surface area contributed by atoms with E-state index in [-0.39, 0.29) is 11.8 Å². The highest BCUT2D eigenvalue weighted by Crippen LogP contribution is 2.34. The minimum Gasteiger partial charge on any atom is -0.302 e. The van der Waals surface area contributed by atoms with Gasteiger partial charge >= 0.3 is 0 Å². The van der Waals surface area contributed by atoms with Crippen molar-refractivity contribution in [2.24, 2.45) is 5.92 Å². The molecule has 3 heterocycles. The van der Waals surface area contributed by atoms with Gasteiger partial charge in [-0.05, 0) is 25.0 Å². The first-order chi connectivity index (χ1) is 12.7. The van der Waals surface area contributed by atoms with Crippen molar-refractivity contribution in [3.63, 3.8) is 0 Å². The Morgan fingerprint density at radius 3 is 2.88 bits per heavy atom. The van der Waals surface area contributed by atoms with Crippen LogP contribution < -0.4 is 5.32 Å². The van der Waals surface area contributed by atoms with Crippen LogP contribution in [0.3, 0.4) is 0 Å². The second kappa shape index (κ2) is 5.93. The Morgan fingerprint density at radius 1 is 1.31 bits per heavy atom. The van der Waals surface area contributed by atoms with Crippen LogP contribution in [0.15, 0.2) is 36.8 Å². The van der Waals surface area contributed by atoms with Gasteiger partial charge in [-0.1, -0.05) is 35.1 Å². The van der Waals surface area contributed by atoms with E-state index in [9.17, 15) is 4.79 Å². The lowest BCUT2D eigenvalue weighted by atomic mass is 10.2. The van der Waals surface area contributed by atoms with Gasteiger partial charge in [-0.3, -0.25) is 14.5 Å². The van der Waals surface area contributed by atoms with E-state index >= 15 is 0 Å². The van der Waals surface area contributed by atoms with Crippen molar-refractivity contribution in [1.29, 1.82) is 0 Å². The van der Waals surface area contributed by atoms with Crippen molar-refractivity contribution in [3.05, 3.63) is 41.8 Å². The standard InChI is InChI=1S/C17H13ClN6OS/c18-11-5-3-9(4-6-11)12-7-19-8-24(12)15-13-14(22-23-15)20-17(26-13)21-16(25)10-1-2-10/h3-8,10H,1-2H2,(H2,20,21,22,23,25). The lowest BCUT2D eigenvalue weighted by Gasteiger charge is -2.05. The number of benzene rings is 1. The molecule has 9 heteroatoms. The van der Waals surface area contributed by atoms with E-state index in [4.69, 9.17) is 11.6 Å². The van der Waals surface area contributed by atoms with Gasteiger partial charge in [-0.25, -0.2) is 9.97 Å². The summed E-state index contributed by atoms with van der Waals surface area (Å²) in [7, 11) is 0. The molecule has 1 fully saturated rings. The number of thiazole rings is 1. The maximum absolute atomic E-state index is 12.0. The van der Waals surface area contributed by atoms with Crippen molar-refractivity contribution >= 4 is 44.3 Å². The molecule has 0 radical (unpaired) electrons. The van der Waals surface area contributed by atoms with Gasteiger partial charge in [-0.2, -0.15) is 5.10 Å². The number of amides is 1. The van der Waals surface area contributed by atoms with Crippen LogP contribution in [0.4, 0.5) is 5.13 Å². The molecule has 0 bridgehead atoms. The summed E-state index contributed by atoms with van der Waals surface area (Å²) >= 11 is 7.38. The smallest absolute Gasteiger partial charge is 0.229 e. The van der Waals surface area contributed by atoms with Gasteiger partial charge in [0.05, 0.1) is 11.9 Å². The van der Waals surface area contributed by atoms with Crippen molar-refractivity contribution in [2.45, 2.75) is 12.8 Å². The highest BCUT2D eigenvalue weighted by Gasteiger charge is 2.30. The average molecular weight is 385 g/mol. The molecule has 1 aliphatic rings. The molecule has 1 aliphatic carbocycles. The molecule has 26 heavy (non-hydrogen) atoms. The number of fused-ring (bicyclic) bond motifs is 1. The average Bonchev–Trinajstić information content (AvgIpc) is 3.06. The molecule has 4 aromatic rings. The number of rotatable bonds is 4. The van der Waals surface area contributed by atoms with E-state index < -0.39 is 0 Å². The Morgan fingerprint density at radius 2 is 2.12 bits per heavy atom. The minimum absolute atomic E-state index is 0.0420. The quantitative estimate of drug-likeness (QED) is 0.559. The number of H-pyrrole nitrogens is 1.